The van der Waals surface area contributed by atoms with Crippen molar-refractivity contribution in [1.82, 2.24) is 0 Å². The van der Waals surface area contributed by atoms with Gasteiger partial charge >= 0.3 is 0 Å². The second-order valence-corrected chi connectivity index (χ2v) is 15.1. The Hall–Kier alpha value is -2.24. The van der Waals surface area contributed by atoms with Crippen LogP contribution in [-0.2, 0) is 15.6 Å². The van der Waals surface area contributed by atoms with Gasteiger partial charge in [0.05, 0.1) is 0 Å². The van der Waals surface area contributed by atoms with Gasteiger partial charge in [0.15, 0.2) is 0 Å². The Morgan fingerprint density at radius 3 is 1.78 bits per heavy atom. The van der Waals surface area contributed by atoms with E-state index >= 15 is 0 Å². The van der Waals surface area contributed by atoms with E-state index in [-0.39, 0.29) is 17.6 Å². The molecule has 0 saturated heterocycles. The molecule has 0 amide bonds. The quantitative estimate of drug-likeness (QED) is 0.213. The number of benzene rings is 3. The second-order valence-electron chi connectivity index (χ2n) is 10.8. The molecule has 0 saturated carbocycles. The van der Waals surface area contributed by atoms with Gasteiger partial charge in [-0.1, -0.05) is 113 Å². The van der Waals surface area contributed by atoms with E-state index in [0.717, 1.165) is 45.5 Å². The molecule has 0 aliphatic rings. The highest BCUT2D eigenvalue weighted by atomic mass is 28.4. The van der Waals surface area contributed by atoms with Crippen LogP contribution in [0.15, 0.2) is 84.9 Å². The van der Waals surface area contributed by atoms with Crippen molar-refractivity contribution in [2.45, 2.75) is 64.3 Å². The van der Waals surface area contributed by atoms with Gasteiger partial charge in [0, 0.05) is 32.3 Å². The first-order chi connectivity index (χ1) is 17.4. The van der Waals surface area contributed by atoms with Crippen LogP contribution < -0.4 is 10.4 Å². The minimum atomic E-state index is -2.44. The average molecular weight is 505 g/mol. The van der Waals surface area contributed by atoms with Gasteiger partial charge in [-0.15, -0.1) is 0 Å². The number of aryl methyl sites for hydroxylation is 1. The number of aliphatic hydroxyl groups excluding tert-OH is 1. The molecule has 0 aliphatic carbocycles. The van der Waals surface area contributed by atoms with Crippen molar-refractivity contribution in [2.24, 2.45) is 0 Å². The highest BCUT2D eigenvalue weighted by molar-refractivity contribution is 6.99. The normalized spacial score (nSPS) is 13.0. The monoisotopic (exact) mass is 504 g/mol. The van der Waals surface area contributed by atoms with Crippen LogP contribution in [0.5, 0.6) is 0 Å². The van der Waals surface area contributed by atoms with Gasteiger partial charge in [0.2, 0.25) is 0 Å². The largest absolute Gasteiger partial charge is 0.407 e. The summed E-state index contributed by atoms with van der Waals surface area (Å²) in [7, 11) is -2.44. The lowest BCUT2D eigenvalue weighted by molar-refractivity contribution is 0.124. The molecule has 0 aliphatic heterocycles. The van der Waals surface area contributed by atoms with Gasteiger partial charge in [-0.3, -0.25) is 0 Å². The van der Waals surface area contributed by atoms with Crippen LogP contribution in [0, 0.1) is 0 Å². The van der Waals surface area contributed by atoms with Gasteiger partial charge in [-0.25, -0.2) is 0 Å². The molecule has 36 heavy (non-hydrogen) atoms. The number of aliphatic hydroxyl groups is 1. The van der Waals surface area contributed by atoms with E-state index in [9.17, 15) is 5.11 Å². The Bertz CT molecular complexity index is 958. The molecule has 4 heteroatoms. The number of hydrogen-bond acceptors (Lipinski definition) is 3. The third-order valence-electron chi connectivity index (χ3n) is 7.00. The summed E-state index contributed by atoms with van der Waals surface area (Å²) in [4.78, 5) is 0. The number of ether oxygens (including phenoxy) is 1. The van der Waals surface area contributed by atoms with E-state index < -0.39 is 8.32 Å². The molecule has 3 nitrogen and oxygen atoms in total. The summed E-state index contributed by atoms with van der Waals surface area (Å²) >= 11 is 0. The summed E-state index contributed by atoms with van der Waals surface area (Å²) < 4.78 is 12.9. The lowest BCUT2D eigenvalue weighted by Crippen LogP contribution is -2.66. The van der Waals surface area contributed by atoms with E-state index in [1.165, 1.54) is 21.5 Å². The molecule has 0 bridgehead atoms. The topological polar surface area (TPSA) is 38.7 Å². The molecule has 0 spiro atoms. The Balaban J connectivity index is 1.45. The molecular formula is C32H44O3Si. The van der Waals surface area contributed by atoms with Crippen LogP contribution in [0.4, 0.5) is 0 Å². The van der Waals surface area contributed by atoms with Crippen molar-refractivity contribution < 1.29 is 14.3 Å². The minimum absolute atomic E-state index is 0.0144. The van der Waals surface area contributed by atoms with Gasteiger partial charge < -0.3 is 14.3 Å². The van der Waals surface area contributed by atoms with Gasteiger partial charge in [-0.05, 0) is 52.2 Å². The first-order valence-corrected chi connectivity index (χ1v) is 15.3. The van der Waals surface area contributed by atoms with Gasteiger partial charge in [0.1, 0.15) is 0 Å². The minimum Gasteiger partial charge on any atom is -0.407 e. The lowest BCUT2D eigenvalue weighted by atomic mass is 9.99. The summed E-state index contributed by atoms with van der Waals surface area (Å²) in [6.07, 6.45) is 4.04. The smallest absolute Gasteiger partial charge is 0.261 e. The molecule has 3 rings (SSSR count). The van der Waals surface area contributed by atoms with Crippen LogP contribution in [-0.4, -0.2) is 39.9 Å². The van der Waals surface area contributed by atoms with Crippen molar-refractivity contribution in [3.63, 3.8) is 0 Å². The maximum Gasteiger partial charge on any atom is 0.261 e. The van der Waals surface area contributed by atoms with E-state index in [0.29, 0.717) is 0 Å². The standard InChI is InChI=1S/C32H44O3Si/c1-27(26-33)29-21-19-28(20-22-29)14-13-24-34-23-11-12-25-35-36(32(2,3)4,30-15-7-5-8-16-30)31-17-9-6-10-18-31/h5-10,15-22,27,33H,11-14,23-26H2,1-4H3. The van der Waals surface area contributed by atoms with E-state index in [2.05, 4.69) is 106 Å². The summed E-state index contributed by atoms with van der Waals surface area (Å²) in [5.41, 5.74) is 2.52. The number of unbranched alkanes of at least 4 members (excludes halogenated alkanes) is 1. The summed E-state index contributed by atoms with van der Waals surface area (Å²) in [6, 6.07) is 30.3. The Morgan fingerprint density at radius 1 is 0.722 bits per heavy atom. The third-order valence-corrected chi connectivity index (χ3v) is 12.0. The summed E-state index contributed by atoms with van der Waals surface area (Å²) in [6.45, 7) is 11.5. The van der Waals surface area contributed by atoms with Gasteiger partial charge in [0.25, 0.3) is 8.32 Å². The molecular weight excluding hydrogens is 460 g/mol. The average Bonchev–Trinajstić information content (AvgIpc) is 2.90. The first kappa shape index (κ1) is 28.3. The second kappa shape index (κ2) is 13.9. The Labute approximate surface area is 219 Å². The molecule has 3 aromatic carbocycles. The van der Waals surface area contributed by atoms with Crippen LogP contribution in [0.3, 0.4) is 0 Å². The van der Waals surface area contributed by atoms with Crippen LogP contribution >= 0.6 is 0 Å². The predicted molar refractivity (Wildman–Crippen MR) is 154 cm³/mol. The maximum absolute atomic E-state index is 9.29. The van der Waals surface area contributed by atoms with Crippen LogP contribution in [0.2, 0.25) is 5.04 Å². The first-order valence-electron chi connectivity index (χ1n) is 13.4. The summed E-state index contributed by atoms with van der Waals surface area (Å²) in [5, 5.41) is 12.0. The molecule has 1 N–H and O–H groups in total. The van der Waals surface area contributed by atoms with E-state index in [1.54, 1.807) is 0 Å². The molecule has 0 heterocycles. The van der Waals surface area contributed by atoms with Crippen molar-refractivity contribution >= 4 is 18.7 Å². The fourth-order valence-electron chi connectivity index (χ4n) is 4.89. The highest BCUT2D eigenvalue weighted by Crippen LogP contribution is 2.36. The van der Waals surface area contributed by atoms with Crippen molar-refractivity contribution in [3.8, 4) is 0 Å². The molecule has 1 unspecified atom stereocenters. The fraction of sp³-hybridized carbons (Fsp3) is 0.438. The highest BCUT2D eigenvalue weighted by Gasteiger charge is 2.49. The zero-order valence-corrected chi connectivity index (χ0v) is 23.6. The van der Waals surface area contributed by atoms with Crippen LogP contribution in [0.25, 0.3) is 0 Å². The molecule has 1 atom stereocenters. The molecule has 194 valence electrons. The van der Waals surface area contributed by atoms with Crippen molar-refractivity contribution in [3.05, 3.63) is 96.1 Å². The Morgan fingerprint density at radius 2 is 1.25 bits per heavy atom. The summed E-state index contributed by atoms with van der Waals surface area (Å²) in [5.74, 6) is 0.197. The van der Waals surface area contributed by atoms with E-state index in [4.69, 9.17) is 9.16 Å². The van der Waals surface area contributed by atoms with Gasteiger partial charge in [-0.2, -0.15) is 0 Å². The molecule has 3 aromatic rings. The third kappa shape index (κ3) is 7.39. The van der Waals surface area contributed by atoms with Crippen LogP contribution in [0.1, 0.15) is 64.0 Å². The predicted octanol–water partition coefficient (Wildman–Crippen LogP) is 6.09. The van der Waals surface area contributed by atoms with E-state index in [1.807, 2.05) is 6.92 Å². The molecule has 0 radical (unpaired) electrons. The maximum atomic E-state index is 9.29. The zero-order valence-electron chi connectivity index (χ0n) is 22.6. The Kier molecular flexibility index (Phi) is 10.9. The SMILES string of the molecule is CC(CO)c1ccc(CCCOCCCCO[Si](c2ccccc2)(c2ccccc2)C(C)(C)C)cc1. The zero-order chi connectivity index (χ0) is 25.9. The fourth-order valence-corrected chi connectivity index (χ4v) is 9.50. The molecule has 0 aromatic heterocycles. The van der Waals surface area contributed by atoms with Crippen molar-refractivity contribution in [2.75, 3.05) is 26.4 Å². The molecule has 0 fully saturated rings. The number of rotatable bonds is 14. The van der Waals surface area contributed by atoms with Crippen molar-refractivity contribution in [1.29, 1.82) is 0 Å². The lowest BCUT2D eigenvalue weighted by Gasteiger charge is -2.43. The number of hydrogen-bond donors (Lipinski definition) is 1.